The number of rotatable bonds is 7. The Kier molecular flexibility index (Phi) is 6.80. The third-order valence-corrected chi connectivity index (χ3v) is 6.38. The van der Waals surface area contributed by atoms with E-state index in [4.69, 9.17) is 0 Å². The molecule has 0 spiro atoms. The maximum absolute atomic E-state index is 12.6. The molecule has 2 aromatic rings. The number of benzene rings is 1. The molecule has 0 aliphatic rings. The molecule has 0 bridgehead atoms. The Morgan fingerprint density at radius 3 is 2.27 bits per heavy atom. The molecule has 0 fully saturated rings. The lowest BCUT2D eigenvalue weighted by molar-refractivity contribution is -0.116. The summed E-state index contributed by atoms with van der Waals surface area (Å²) >= 11 is 1.29. The van der Waals surface area contributed by atoms with Crippen LogP contribution in [-0.4, -0.2) is 49.5 Å². The van der Waals surface area contributed by atoms with E-state index in [2.05, 4.69) is 4.98 Å². The summed E-state index contributed by atoms with van der Waals surface area (Å²) in [5.74, 6) is 0.197. The second-order valence-corrected chi connectivity index (χ2v) is 9.25. The van der Waals surface area contributed by atoms with E-state index in [1.165, 1.54) is 38.1 Å². The fourth-order valence-corrected chi connectivity index (χ4v) is 3.89. The molecule has 8 heteroatoms. The smallest absolute Gasteiger partial charge is 0.244 e. The van der Waals surface area contributed by atoms with Gasteiger partial charge in [-0.1, -0.05) is 30.0 Å². The fourth-order valence-electron chi connectivity index (χ4n) is 2.34. The van der Waals surface area contributed by atoms with Crippen molar-refractivity contribution < 1.29 is 13.2 Å². The number of thioether (sulfide) groups is 1. The van der Waals surface area contributed by atoms with E-state index in [1.54, 1.807) is 11.0 Å². The first-order valence-corrected chi connectivity index (χ1v) is 10.5. The highest BCUT2D eigenvalue weighted by molar-refractivity contribution is 7.99. The molecule has 0 atom stereocenters. The molecule has 1 heterocycles. The minimum absolute atomic E-state index is 0.0250. The highest BCUT2D eigenvalue weighted by Gasteiger charge is 2.20. The molecule has 0 aliphatic carbocycles. The van der Waals surface area contributed by atoms with Gasteiger partial charge in [0.1, 0.15) is 4.90 Å². The molecular weight excluding hydrogens is 370 g/mol. The zero-order valence-electron chi connectivity index (χ0n) is 15.3. The van der Waals surface area contributed by atoms with Crippen molar-refractivity contribution in [2.45, 2.75) is 29.8 Å². The van der Waals surface area contributed by atoms with Crippen molar-refractivity contribution in [2.75, 3.05) is 24.7 Å². The third kappa shape index (κ3) is 4.84. The van der Waals surface area contributed by atoms with Crippen LogP contribution in [0, 0.1) is 0 Å². The zero-order valence-corrected chi connectivity index (χ0v) is 16.9. The number of hydrogen-bond donors (Lipinski definition) is 0. The molecule has 0 aliphatic heterocycles. The van der Waals surface area contributed by atoms with Crippen LogP contribution in [0.3, 0.4) is 0 Å². The van der Waals surface area contributed by atoms with Gasteiger partial charge in [0.15, 0.2) is 0 Å². The molecule has 2 rings (SSSR count). The van der Waals surface area contributed by atoms with Crippen molar-refractivity contribution in [1.82, 2.24) is 9.29 Å². The van der Waals surface area contributed by atoms with Crippen molar-refractivity contribution in [1.29, 1.82) is 0 Å². The van der Waals surface area contributed by atoms with Crippen LogP contribution >= 0.6 is 11.8 Å². The molecule has 0 saturated heterocycles. The van der Waals surface area contributed by atoms with Gasteiger partial charge >= 0.3 is 0 Å². The quantitative estimate of drug-likeness (QED) is 0.677. The van der Waals surface area contributed by atoms with Crippen molar-refractivity contribution in [3.05, 3.63) is 48.7 Å². The van der Waals surface area contributed by atoms with Gasteiger partial charge in [-0.25, -0.2) is 17.7 Å². The molecule has 1 amide bonds. The number of sulfonamides is 1. The predicted octanol–water partition coefficient (Wildman–Crippen LogP) is 2.87. The SMILES string of the molecule is CC(C)N(C(=O)CSc1ccc(S(=O)(=O)N(C)C)cn1)c1ccccc1. The first-order chi connectivity index (χ1) is 12.2. The number of carbonyl (C=O) groups excluding carboxylic acids is 1. The van der Waals surface area contributed by atoms with Crippen molar-refractivity contribution >= 4 is 33.4 Å². The van der Waals surface area contributed by atoms with E-state index < -0.39 is 10.0 Å². The van der Waals surface area contributed by atoms with E-state index in [0.717, 1.165) is 9.99 Å². The summed E-state index contributed by atoms with van der Waals surface area (Å²) in [5.41, 5.74) is 0.855. The van der Waals surface area contributed by atoms with E-state index >= 15 is 0 Å². The average Bonchev–Trinajstić information content (AvgIpc) is 2.61. The maximum atomic E-state index is 12.6. The summed E-state index contributed by atoms with van der Waals surface area (Å²) in [7, 11) is -0.553. The molecule has 1 aromatic heterocycles. The van der Waals surface area contributed by atoms with Crippen molar-refractivity contribution in [2.24, 2.45) is 0 Å². The Morgan fingerprint density at radius 2 is 1.77 bits per heavy atom. The van der Waals surface area contributed by atoms with E-state index in [1.807, 2.05) is 44.2 Å². The van der Waals surface area contributed by atoms with Gasteiger partial charge in [-0.15, -0.1) is 0 Å². The summed E-state index contributed by atoms with van der Waals surface area (Å²) in [5, 5.41) is 0.604. The Labute approximate surface area is 159 Å². The highest BCUT2D eigenvalue weighted by atomic mass is 32.2. The van der Waals surface area contributed by atoms with Crippen molar-refractivity contribution in [3.63, 3.8) is 0 Å². The predicted molar refractivity (Wildman–Crippen MR) is 105 cm³/mol. The molecule has 26 heavy (non-hydrogen) atoms. The largest absolute Gasteiger partial charge is 0.309 e. The van der Waals surface area contributed by atoms with E-state index in [-0.39, 0.29) is 22.6 Å². The number of carbonyl (C=O) groups is 1. The average molecular weight is 394 g/mol. The molecule has 140 valence electrons. The first-order valence-electron chi connectivity index (χ1n) is 8.12. The molecule has 0 N–H and O–H groups in total. The van der Waals surface area contributed by atoms with Gasteiger partial charge < -0.3 is 4.90 Å². The third-order valence-electron chi connectivity index (χ3n) is 3.65. The summed E-state index contributed by atoms with van der Waals surface area (Å²) in [6.07, 6.45) is 1.32. The molecular formula is C18H23N3O3S2. The van der Waals surface area contributed by atoms with Crippen LogP contribution in [0.2, 0.25) is 0 Å². The van der Waals surface area contributed by atoms with Crippen LogP contribution in [-0.2, 0) is 14.8 Å². The summed E-state index contributed by atoms with van der Waals surface area (Å²) in [4.78, 5) is 18.7. The van der Waals surface area contributed by atoms with Gasteiger partial charge in [0.2, 0.25) is 15.9 Å². The number of amides is 1. The van der Waals surface area contributed by atoms with E-state index in [0.29, 0.717) is 5.03 Å². The molecule has 0 radical (unpaired) electrons. The minimum Gasteiger partial charge on any atom is -0.309 e. The van der Waals surface area contributed by atoms with Crippen LogP contribution in [0.5, 0.6) is 0 Å². The number of para-hydroxylation sites is 1. The second-order valence-electron chi connectivity index (χ2n) is 6.10. The first kappa shape index (κ1) is 20.4. The topological polar surface area (TPSA) is 70.6 Å². The lowest BCUT2D eigenvalue weighted by Crippen LogP contribution is -2.38. The summed E-state index contributed by atoms with van der Waals surface area (Å²) < 4.78 is 25.2. The number of hydrogen-bond acceptors (Lipinski definition) is 5. The maximum Gasteiger partial charge on any atom is 0.244 e. The van der Waals surface area contributed by atoms with Gasteiger partial charge in [0, 0.05) is 32.0 Å². The molecule has 6 nitrogen and oxygen atoms in total. The monoisotopic (exact) mass is 393 g/mol. The number of nitrogens with zero attached hydrogens (tertiary/aromatic N) is 3. The normalized spacial score (nSPS) is 11.8. The van der Waals surface area contributed by atoms with Gasteiger partial charge in [0.05, 0.1) is 10.8 Å². The van der Waals surface area contributed by atoms with Crippen LogP contribution < -0.4 is 4.90 Å². The summed E-state index contributed by atoms with van der Waals surface area (Å²) in [6.45, 7) is 3.93. The Balaban J connectivity index is 2.07. The number of pyridine rings is 1. The van der Waals surface area contributed by atoms with Crippen LogP contribution in [0.15, 0.2) is 58.6 Å². The Morgan fingerprint density at radius 1 is 1.12 bits per heavy atom. The standard InChI is InChI=1S/C18H23N3O3S2/c1-14(2)21(15-8-6-5-7-9-15)18(22)13-25-17-11-10-16(12-19-17)26(23,24)20(3)4/h5-12,14H,13H2,1-4H3. The molecule has 1 aromatic carbocycles. The van der Waals surface area contributed by atoms with E-state index in [9.17, 15) is 13.2 Å². The van der Waals surface area contributed by atoms with Gasteiger partial charge in [-0.2, -0.15) is 0 Å². The highest BCUT2D eigenvalue weighted by Crippen LogP contribution is 2.22. The van der Waals surface area contributed by atoms with Gasteiger partial charge in [-0.3, -0.25) is 4.79 Å². The summed E-state index contributed by atoms with van der Waals surface area (Å²) in [6, 6.07) is 12.7. The number of aromatic nitrogens is 1. The van der Waals surface area contributed by atoms with Gasteiger partial charge in [0.25, 0.3) is 0 Å². The van der Waals surface area contributed by atoms with Crippen molar-refractivity contribution in [3.8, 4) is 0 Å². The Bertz CT molecular complexity index is 836. The van der Waals surface area contributed by atoms with Crippen LogP contribution in [0.4, 0.5) is 5.69 Å². The van der Waals surface area contributed by atoms with Crippen LogP contribution in [0.25, 0.3) is 0 Å². The molecule has 0 unspecified atom stereocenters. The van der Waals surface area contributed by atoms with Gasteiger partial charge in [-0.05, 0) is 38.1 Å². The fraction of sp³-hybridized carbons (Fsp3) is 0.333. The number of anilines is 1. The lowest BCUT2D eigenvalue weighted by atomic mass is 10.2. The second kappa shape index (κ2) is 8.66. The van der Waals surface area contributed by atoms with Crippen LogP contribution in [0.1, 0.15) is 13.8 Å². The Hall–Kier alpha value is -1.90. The zero-order chi connectivity index (χ0) is 19.3. The lowest BCUT2D eigenvalue weighted by Gasteiger charge is -2.26. The molecule has 0 saturated carbocycles. The minimum atomic E-state index is -3.50.